The van der Waals surface area contributed by atoms with Gasteiger partial charge in [-0.25, -0.2) is 4.98 Å². The summed E-state index contributed by atoms with van der Waals surface area (Å²) in [5, 5.41) is -0.119. The van der Waals surface area contributed by atoms with Crippen LogP contribution in [0.5, 0.6) is 5.75 Å². The van der Waals surface area contributed by atoms with Crippen LogP contribution >= 0.6 is 0 Å². The van der Waals surface area contributed by atoms with E-state index in [2.05, 4.69) is 9.97 Å². The van der Waals surface area contributed by atoms with Crippen molar-refractivity contribution in [2.24, 2.45) is 17.2 Å². The van der Waals surface area contributed by atoms with Gasteiger partial charge in [0.2, 0.25) is 0 Å². The minimum absolute atomic E-state index is 0.0195. The van der Waals surface area contributed by atoms with Gasteiger partial charge in [0.05, 0.1) is 17.9 Å². The number of hydrogen-bond donors (Lipinski definition) is 3. The van der Waals surface area contributed by atoms with E-state index in [1.54, 1.807) is 54.7 Å². The molecule has 6 N–H and O–H groups in total. The normalized spacial score (nSPS) is 11.4. The molecule has 1 aromatic carbocycles. The topological polar surface area (TPSA) is 152 Å². The summed E-state index contributed by atoms with van der Waals surface area (Å²) in [4.78, 5) is 8.75. The van der Waals surface area contributed by atoms with Crippen LogP contribution < -0.4 is 21.4 Å². The number of benzene rings is 1. The number of para-hydroxylation sites is 1. The molecule has 0 bridgehead atoms. The highest BCUT2D eigenvalue weighted by atomic mass is 32.2. The summed E-state index contributed by atoms with van der Waals surface area (Å²) in [5.74, 6) is -0.0871. The largest absolute Gasteiger partial charge is 0.393 e. The van der Waals surface area contributed by atoms with Crippen molar-refractivity contribution in [3.63, 3.8) is 0 Å². The van der Waals surface area contributed by atoms with E-state index in [1.165, 1.54) is 4.57 Å². The first-order valence-electron chi connectivity index (χ1n) is 9.21. The molecule has 0 unspecified atom stereocenters. The predicted octanol–water partition coefficient (Wildman–Crippen LogP) is 1.72. The van der Waals surface area contributed by atoms with Crippen molar-refractivity contribution >= 4 is 15.8 Å². The zero-order chi connectivity index (χ0) is 21.9. The number of rotatable bonds is 7. The molecule has 0 fully saturated rings. The maximum absolute atomic E-state index is 13.3. The number of hydrogen-bond acceptors (Lipinski definition) is 8. The highest BCUT2D eigenvalue weighted by molar-refractivity contribution is 7.87. The third kappa shape index (κ3) is 4.38. The first-order valence-corrected chi connectivity index (χ1v) is 10.6. The van der Waals surface area contributed by atoms with Gasteiger partial charge in [0.15, 0.2) is 10.9 Å². The van der Waals surface area contributed by atoms with Crippen LogP contribution in [0.4, 0.5) is 0 Å². The van der Waals surface area contributed by atoms with Crippen LogP contribution in [0.3, 0.4) is 0 Å². The van der Waals surface area contributed by atoms with Crippen molar-refractivity contribution in [2.45, 2.75) is 31.3 Å². The van der Waals surface area contributed by atoms with Crippen molar-refractivity contribution in [3.05, 3.63) is 77.8 Å². The van der Waals surface area contributed by atoms with Gasteiger partial charge in [-0.2, -0.15) is 8.42 Å². The third-order valence-electron chi connectivity index (χ3n) is 4.28. The maximum Gasteiger partial charge on any atom is 0.357 e. The summed E-state index contributed by atoms with van der Waals surface area (Å²) in [6.45, 7) is 3.73. The Bertz CT molecular complexity index is 1150. The summed E-state index contributed by atoms with van der Waals surface area (Å²) >= 11 is 0. The lowest BCUT2D eigenvalue weighted by molar-refractivity contribution is 0.472. The van der Waals surface area contributed by atoms with Crippen molar-refractivity contribution in [1.29, 1.82) is 0 Å². The Morgan fingerprint density at radius 1 is 1.07 bits per heavy atom. The van der Waals surface area contributed by atoms with E-state index in [9.17, 15) is 8.42 Å². The minimum Gasteiger partial charge on any atom is -0.393 e. The highest BCUT2D eigenvalue weighted by Crippen LogP contribution is 2.30. The molecular formula is C20H24N6O3S. The lowest BCUT2D eigenvalue weighted by Gasteiger charge is -2.14. The van der Waals surface area contributed by atoms with Gasteiger partial charge in [0.1, 0.15) is 17.3 Å². The molecule has 3 aromatic rings. The first kappa shape index (κ1) is 21.2. The van der Waals surface area contributed by atoms with E-state index in [0.717, 1.165) is 0 Å². The van der Waals surface area contributed by atoms with Gasteiger partial charge in [-0.15, -0.1) is 0 Å². The van der Waals surface area contributed by atoms with E-state index in [1.807, 2.05) is 13.8 Å². The van der Waals surface area contributed by atoms with Crippen LogP contribution in [0, 0.1) is 0 Å². The van der Waals surface area contributed by atoms with E-state index in [4.69, 9.17) is 21.4 Å². The third-order valence-corrected chi connectivity index (χ3v) is 5.59. The molecule has 0 aliphatic heterocycles. The molecule has 0 radical (unpaired) electrons. The van der Waals surface area contributed by atoms with Gasteiger partial charge in [0, 0.05) is 6.20 Å². The lowest BCUT2D eigenvalue weighted by Crippen LogP contribution is -2.22. The van der Waals surface area contributed by atoms with Gasteiger partial charge >= 0.3 is 10.1 Å². The summed E-state index contributed by atoms with van der Waals surface area (Å²) in [5.41, 5.74) is 18.3. The van der Waals surface area contributed by atoms with E-state index in [0.29, 0.717) is 11.4 Å². The fourth-order valence-corrected chi connectivity index (χ4v) is 4.27. The fraction of sp³-hybridized carbons (Fsp3) is 0.200. The van der Waals surface area contributed by atoms with Gasteiger partial charge in [0.25, 0.3) is 0 Å². The van der Waals surface area contributed by atoms with Crippen molar-refractivity contribution in [2.75, 3.05) is 0 Å². The maximum atomic E-state index is 13.3. The zero-order valence-corrected chi connectivity index (χ0v) is 17.5. The Morgan fingerprint density at radius 2 is 1.73 bits per heavy atom. The lowest BCUT2D eigenvalue weighted by atomic mass is 10.1. The van der Waals surface area contributed by atoms with Gasteiger partial charge < -0.3 is 26.0 Å². The second-order valence-corrected chi connectivity index (χ2v) is 8.37. The molecule has 10 heteroatoms. The molecule has 0 aliphatic carbocycles. The quantitative estimate of drug-likeness (QED) is 0.481. The highest BCUT2D eigenvalue weighted by Gasteiger charge is 2.32. The number of imidazole rings is 1. The molecule has 0 atom stereocenters. The van der Waals surface area contributed by atoms with Crippen LogP contribution in [0.1, 0.15) is 37.0 Å². The Labute approximate surface area is 175 Å². The molecule has 0 saturated carbocycles. The van der Waals surface area contributed by atoms with Gasteiger partial charge in [-0.3, -0.25) is 4.98 Å². The Kier molecular flexibility index (Phi) is 5.97. The second-order valence-electron chi connectivity index (χ2n) is 6.91. The number of pyridine rings is 1. The van der Waals surface area contributed by atoms with Crippen LogP contribution in [0.15, 0.2) is 65.6 Å². The summed E-state index contributed by atoms with van der Waals surface area (Å²) < 4.78 is 33.4. The van der Waals surface area contributed by atoms with Crippen molar-refractivity contribution in [1.82, 2.24) is 14.5 Å². The molecule has 0 aliphatic rings. The smallest absolute Gasteiger partial charge is 0.357 e. The number of nitrogens with two attached hydrogens (primary N) is 3. The first-order chi connectivity index (χ1) is 14.2. The molecule has 9 nitrogen and oxygen atoms in total. The van der Waals surface area contributed by atoms with E-state index in [-0.39, 0.29) is 40.6 Å². The molecule has 0 saturated heterocycles. The Balaban J connectivity index is 2.24. The summed E-state index contributed by atoms with van der Waals surface area (Å²) in [7, 11) is -4.27. The summed E-state index contributed by atoms with van der Waals surface area (Å²) in [6, 6.07) is 13.6. The predicted molar refractivity (Wildman–Crippen MR) is 113 cm³/mol. The molecule has 2 heterocycles. The zero-order valence-electron chi connectivity index (χ0n) is 16.7. The molecule has 0 spiro atoms. The Hall–Kier alpha value is -3.53. The van der Waals surface area contributed by atoms with Gasteiger partial charge in [-0.05, 0) is 30.2 Å². The van der Waals surface area contributed by atoms with Crippen LogP contribution in [-0.2, 0) is 16.7 Å². The SMILES string of the molecule is CC(C)c1nc(C(N)=C(N)N)n(Cc2ccccn2)c1S(=O)(=O)Oc1ccccc1. The molecular weight excluding hydrogens is 404 g/mol. The van der Waals surface area contributed by atoms with Crippen LogP contribution in [-0.4, -0.2) is 23.0 Å². The summed E-state index contributed by atoms with van der Waals surface area (Å²) in [6.07, 6.45) is 1.61. The van der Waals surface area contributed by atoms with E-state index < -0.39 is 10.1 Å². The Morgan fingerprint density at radius 3 is 2.30 bits per heavy atom. The number of aromatic nitrogens is 3. The van der Waals surface area contributed by atoms with Crippen LogP contribution in [0.25, 0.3) is 5.70 Å². The second kappa shape index (κ2) is 8.46. The average Bonchev–Trinajstić information content (AvgIpc) is 3.09. The minimum atomic E-state index is -4.27. The van der Waals surface area contributed by atoms with Crippen LogP contribution in [0.2, 0.25) is 0 Å². The molecule has 30 heavy (non-hydrogen) atoms. The van der Waals surface area contributed by atoms with Crippen molar-refractivity contribution in [3.8, 4) is 5.75 Å². The number of nitrogens with zero attached hydrogens (tertiary/aromatic N) is 3. The van der Waals surface area contributed by atoms with E-state index >= 15 is 0 Å². The molecule has 158 valence electrons. The molecule has 0 amide bonds. The standard InChI is InChI=1S/C20H24N6O3S/c1-13(2)17-20(30(27,28)29-15-9-4-3-5-10-15)26(12-14-8-6-7-11-24-14)19(25-17)16(21)18(22)23/h3-11,13H,12,21-23H2,1-2H3. The molecule has 3 rings (SSSR count). The fourth-order valence-electron chi connectivity index (χ4n) is 2.87. The monoisotopic (exact) mass is 428 g/mol. The molecule has 2 aromatic heterocycles. The average molecular weight is 429 g/mol. The van der Waals surface area contributed by atoms with Gasteiger partial charge in [-0.1, -0.05) is 38.1 Å². The van der Waals surface area contributed by atoms with Crippen molar-refractivity contribution < 1.29 is 12.6 Å².